The van der Waals surface area contributed by atoms with Crippen molar-refractivity contribution in [2.75, 3.05) is 26.5 Å². The molecule has 1 aliphatic carbocycles. The molecule has 0 radical (unpaired) electrons. The molecule has 1 atom stereocenters. The quantitative estimate of drug-likeness (QED) is 0.472. The molecular weight excluding hydrogens is 458 g/mol. The smallest absolute Gasteiger partial charge is 0.277 e. The molecule has 3 heterocycles. The number of fused-ring (bicyclic) bond motifs is 2. The van der Waals surface area contributed by atoms with E-state index >= 15 is 0 Å². The van der Waals surface area contributed by atoms with Gasteiger partial charge in [0.25, 0.3) is 11.1 Å². The highest BCUT2D eigenvalue weighted by Gasteiger charge is 2.24. The Labute approximate surface area is 201 Å². The van der Waals surface area contributed by atoms with E-state index in [-0.39, 0.29) is 11.7 Å². The Hall–Kier alpha value is -2.52. The highest BCUT2D eigenvalue weighted by Crippen LogP contribution is 2.37. The SMILES string of the molecule is COc1cc2c(cc1OC)CN(C(=O)CSc1nnc(-c3cc4c(s3)CCC(C)C4)o1)CC2. The van der Waals surface area contributed by atoms with Crippen LogP contribution in [0.2, 0.25) is 0 Å². The average Bonchev–Trinajstić information content (AvgIpc) is 3.47. The second kappa shape index (κ2) is 9.38. The Balaban J connectivity index is 1.21. The molecule has 0 N–H and O–H groups in total. The molecule has 2 aromatic heterocycles. The van der Waals surface area contributed by atoms with E-state index in [9.17, 15) is 4.79 Å². The maximum Gasteiger partial charge on any atom is 0.277 e. The number of carbonyl (C=O) groups is 1. The standard InChI is InChI=1S/C24H27N3O4S2/c1-14-4-5-20-16(8-14)11-21(33-20)23-25-26-24(31-23)32-13-22(28)27-7-6-15-9-18(29-2)19(30-3)10-17(15)12-27/h9-11,14H,4-8,12-13H2,1-3H3. The van der Waals surface area contributed by atoms with Crippen LogP contribution >= 0.6 is 23.1 Å². The minimum atomic E-state index is 0.0563. The third kappa shape index (κ3) is 4.61. The van der Waals surface area contributed by atoms with Crippen molar-refractivity contribution in [2.45, 2.75) is 44.4 Å². The van der Waals surface area contributed by atoms with Crippen LogP contribution in [-0.2, 0) is 30.6 Å². The molecule has 1 amide bonds. The second-order valence-corrected chi connectivity index (χ2v) is 10.7. The maximum atomic E-state index is 12.9. The minimum Gasteiger partial charge on any atom is -0.493 e. The first kappa shape index (κ1) is 22.3. The lowest BCUT2D eigenvalue weighted by Gasteiger charge is -2.29. The molecule has 0 saturated carbocycles. The predicted octanol–water partition coefficient (Wildman–Crippen LogP) is 4.62. The van der Waals surface area contributed by atoms with E-state index in [4.69, 9.17) is 13.9 Å². The van der Waals surface area contributed by atoms with Crippen molar-refractivity contribution in [3.63, 3.8) is 0 Å². The molecule has 1 unspecified atom stereocenters. The van der Waals surface area contributed by atoms with Gasteiger partial charge in [-0.1, -0.05) is 18.7 Å². The van der Waals surface area contributed by atoms with Crippen molar-refractivity contribution < 1.29 is 18.7 Å². The molecule has 0 fully saturated rings. The summed E-state index contributed by atoms with van der Waals surface area (Å²) in [6, 6.07) is 6.16. The lowest BCUT2D eigenvalue weighted by Crippen LogP contribution is -2.37. The van der Waals surface area contributed by atoms with E-state index < -0.39 is 0 Å². The number of rotatable bonds is 6. The van der Waals surface area contributed by atoms with E-state index in [2.05, 4.69) is 23.2 Å². The van der Waals surface area contributed by atoms with Crippen LogP contribution in [0.4, 0.5) is 0 Å². The van der Waals surface area contributed by atoms with Crippen LogP contribution in [0.1, 0.15) is 34.9 Å². The molecular formula is C24H27N3O4S2. The first-order chi connectivity index (χ1) is 16.0. The topological polar surface area (TPSA) is 77.7 Å². The highest BCUT2D eigenvalue weighted by molar-refractivity contribution is 7.99. The Morgan fingerprint density at radius 1 is 1.15 bits per heavy atom. The molecule has 1 aliphatic heterocycles. The summed E-state index contributed by atoms with van der Waals surface area (Å²) in [4.78, 5) is 17.2. The maximum absolute atomic E-state index is 12.9. The van der Waals surface area contributed by atoms with E-state index in [0.717, 1.165) is 41.4 Å². The number of aromatic nitrogens is 2. The van der Waals surface area contributed by atoms with Crippen molar-refractivity contribution in [3.8, 4) is 22.3 Å². The van der Waals surface area contributed by atoms with Crippen molar-refractivity contribution in [1.29, 1.82) is 0 Å². The van der Waals surface area contributed by atoms with Gasteiger partial charge in [0.1, 0.15) is 0 Å². The Bertz CT molecular complexity index is 1170. The Morgan fingerprint density at radius 3 is 2.73 bits per heavy atom. The Kier molecular flexibility index (Phi) is 6.34. The summed E-state index contributed by atoms with van der Waals surface area (Å²) in [6.07, 6.45) is 4.27. The van der Waals surface area contributed by atoms with Gasteiger partial charge in [-0.3, -0.25) is 4.79 Å². The van der Waals surface area contributed by atoms with Gasteiger partial charge in [-0.2, -0.15) is 0 Å². The third-order valence-electron chi connectivity index (χ3n) is 6.34. The summed E-state index contributed by atoms with van der Waals surface area (Å²) < 4.78 is 16.7. The summed E-state index contributed by atoms with van der Waals surface area (Å²) in [5, 5.41) is 8.82. The number of amides is 1. The van der Waals surface area contributed by atoms with Gasteiger partial charge >= 0.3 is 0 Å². The summed E-state index contributed by atoms with van der Waals surface area (Å²) in [5.41, 5.74) is 3.70. The van der Waals surface area contributed by atoms with Crippen LogP contribution in [0.15, 0.2) is 27.8 Å². The first-order valence-electron chi connectivity index (χ1n) is 11.1. The van der Waals surface area contributed by atoms with Crippen molar-refractivity contribution in [3.05, 3.63) is 39.8 Å². The van der Waals surface area contributed by atoms with Gasteiger partial charge < -0.3 is 18.8 Å². The molecule has 9 heteroatoms. The molecule has 2 aliphatic rings. The number of carbonyl (C=O) groups excluding carboxylic acids is 1. The van der Waals surface area contributed by atoms with Gasteiger partial charge in [0.05, 0.1) is 24.8 Å². The first-order valence-corrected chi connectivity index (χ1v) is 12.9. The van der Waals surface area contributed by atoms with Gasteiger partial charge in [0.2, 0.25) is 5.91 Å². The van der Waals surface area contributed by atoms with Crippen molar-refractivity contribution in [1.82, 2.24) is 15.1 Å². The van der Waals surface area contributed by atoms with Crippen molar-refractivity contribution >= 4 is 29.0 Å². The van der Waals surface area contributed by atoms with E-state index in [1.807, 2.05) is 17.0 Å². The molecule has 3 aromatic rings. The molecule has 5 rings (SSSR count). The lowest BCUT2D eigenvalue weighted by atomic mass is 9.90. The van der Waals surface area contributed by atoms with Crippen LogP contribution in [0, 0.1) is 5.92 Å². The largest absolute Gasteiger partial charge is 0.493 e. The molecule has 33 heavy (non-hydrogen) atoms. The number of aryl methyl sites for hydroxylation is 1. The minimum absolute atomic E-state index is 0.0563. The summed E-state index contributed by atoms with van der Waals surface area (Å²) >= 11 is 3.05. The van der Waals surface area contributed by atoms with Crippen LogP contribution in [-0.4, -0.2) is 47.5 Å². The average molecular weight is 486 g/mol. The number of thiophene rings is 1. The van der Waals surface area contributed by atoms with Crippen LogP contribution in [0.5, 0.6) is 11.5 Å². The van der Waals surface area contributed by atoms with Crippen molar-refractivity contribution in [2.24, 2.45) is 5.92 Å². The number of nitrogens with zero attached hydrogens (tertiary/aromatic N) is 3. The zero-order valence-corrected chi connectivity index (χ0v) is 20.7. The lowest BCUT2D eigenvalue weighted by molar-refractivity contribution is -0.129. The van der Waals surface area contributed by atoms with Gasteiger partial charge in [0.15, 0.2) is 11.5 Å². The molecule has 0 spiro atoms. The summed E-state index contributed by atoms with van der Waals surface area (Å²) in [7, 11) is 3.26. The van der Waals surface area contributed by atoms with Gasteiger partial charge in [-0.25, -0.2) is 0 Å². The van der Waals surface area contributed by atoms with Crippen LogP contribution in [0.3, 0.4) is 0 Å². The van der Waals surface area contributed by atoms with Crippen LogP contribution < -0.4 is 9.47 Å². The second-order valence-electron chi connectivity index (χ2n) is 8.61. The molecule has 0 bridgehead atoms. The summed E-state index contributed by atoms with van der Waals surface area (Å²) in [6.45, 7) is 3.53. The number of benzene rings is 1. The Morgan fingerprint density at radius 2 is 1.94 bits per heavy atom. The monoisotopic (exact) mass is 485 g/mol. The summed E-state index contributed by atoms with van der Waals surface area (Å²) in [5.74, 6) is 3.00. The molecule has 0 saturated heterocycles. The fourth-order valence-corrected chi connectivity index (χ4v) is 6.29. The predicted molar refractivity (Wildman–Crippen MR) is 128 cm³/mol. The number of hydrogen-bond donors (Lipinski definition) is 0. The third-order valence-corrected chi connectivity index (χ3v) is 8.36. The highest BCUT2D eigenvalue weighted by atomic mass is 32.2. The van der Waals surface area contributed by atoms with Gasteiger partial charge in [-0.05, 0) is 66.5 Å². The van der Waals surface area contributed by atoms with E-state index in [0.29, 0.717) is 30.0 Å². The van der Waals surface area contributed by atoms with Gasteiger partial charge in [-0.15, -0.1) is 21.5 Å². The number of hydrogen-bond acceptors (Lipinski definition) is 8. The zero-order chi connectivity index (χ0) is 22.9. The molecule has 7 nitrogen and oxygen atoms in total. The van der Waals surface area contributed by atoms with Gasteiger partial charge in [0, 0.05) is 18.0 Å². The van der Waals surface area contributed by atoms with E-state index in [1.165, 1.54) is 34.2 Å². The normalized spacial score (nSPS) is 17.4. The van der Waals surface area contributed by atoms with Crippen LogP contribution in [0.25, 0.3) is 10.8 Å². The fraction of sp³-hybridized carbons (Fsp3) is 0.458. The molecule has 1 aromatic carbocycles. The molecule has 174 valence electrons. The van der Waals surface area contributed by atoms with E-state index in [1.54, 1.807) is 25.6 Å². The number of thioether (sulfide) groups is 1. The number of methoxy groups -OCH3 is 2. The fourth-order valence-electron chi connectivity index (χ4n) is 4.49. The zero-order valence-electron chi connectivity index (χ0n) is 19.1. The number of ether oxygens (including phenoxy) is 2.